The van der Waals surface area contributed by atoms with Gasteiger partial charge in [0.05, 0.1) is 5.92 Å². The lowest BCUT2D eigenvalue weighted by atomic mass is 9.98. The first kappa shape index (κ1) is 5.75. The smallest absolute Gasteiger partial charge is 0.307 e. The van der Waals surface area contributed by atoms with Crippen molar-refractivity contribution in [1.82, 2.24) is 0 Å². The zero-order valence-electron chi connectivity index (χ0n) is 5.86. The van der Waals surface area contributed by atoms with Crippen LogP contribution in [0.2, 0.25) is 0 Å². The number of Topliss-reactive ketones (excluding diaryl/α,β-unsaturated/α-hetero) is 1. The fourth-order valence-corrected chi connectivity index (χ4v) is 3.18. The second-order valence-electron chi connectivity index (χ2n) is 3.88. The van der Waals surface area contributed by atoms with Gasteiger partial charge in [0.1, 0.15) is 5.78 Å². The molecule has 3 heteroatoms. The minimum atomic E-state index is -0.754. The van der Waals surface area contributed by atoms with Gasteiger partial charge in [0.15, 0.2) is 0 Å². The van der Waals surface area contributed by atoms with Gasteiger partial charge in [-0.05, 0) is 18.3 Å². The van der Waals surface area contributed by atoms with Crippen molar-refractivity contribution in [2.24, 2.45) is 29.6 Å². The Kier molecular flexibility index (Phi) is 0.708. The number of rotatable bonds is 1. The van der Waals surface area contributed by atoms with Gasteiger partial charge in [-0.25, -0.2) is 0 Å². The molecule has 11 heavy (non-hydrogen) atoms. The molecule has 5 atom stereocenters. The monoisotopic (exact) mass is 152 g/mol. The molecular formula is C8H8O3. The van der Waals surface area contributed by atoms with E-state index in [1.165, 1.54) is 0 Å². The quantitative estimate of drug-likeness (QED) is 0.582. The minimum Gasteiger partial charge on any atom is -0.481 e. The third-order valence-electron chi connectivity index (χ3n) is 3.58. The predicted octanol–water partition coefficient (Wildman–Crippen LogP) is 0.152. The van der Waals surface area contributed by atoms with Gasteiger partial charge in [0.2, 0.25) is 0 Å². The van der Waals surface area contributed by atoms with E-state index in [1.54, 1.807) is 0 Å². The lowest BCUT2D eigenvalue weighted by Gasteiger charge is -2.05. The maximum absolute atomic E-state index is 11.2. The molecule has 0 spiro atoms. The summed E-state index contributed by atoms with van der Waals surface area (Å²) in [7, 11) is 0. The fourth-order valence-electron chi connectivity index (χ4n) is 3.18. The summed E-state index contributed by atoms with van der Waals surface area (Å²) in [5.74, 6) is -0.0482. The molecule has 0 aromatic heterocycles. The number of hydrogen-bond acceptors (Lipinski definition) is 2. The number of hydrogen-bond donors (Lipinski definition) is 1. The molecule has 4 aliphatic rings. The maximum Gasteiger partial charge on any atom is 0.307 e. The van der Waals surface area contributed by atoms with E-state index in [4.69, 9.17) is 5.11 Å². The van der Waals surface area contributed by atoms with Gasteiger partial charge in [0, 0.05) is 11.8 Å². The van der Waals surface area contributed by atoms with Crippen LogP contribution in [0.3, 0.4) is 0 Å². The van der Waals surface area contributed by atoms with Crippen LogP contribution in [0.4, 0.5) is 0 Å². The number of aliphatic carboxylic acids is 1. The Morgan fingerprint density at radius 1 is 1.55 bits per heavy atom. The van der Waals surface area contributed by atoms with E-state index in [2.05, 4.69) is 0 Å². The molecule has 4 saturated carbocycles. The maximum atomic E-state index is 11.2. The Morgan fingerprint density at radius 3 is 2.45 bits per heavy atom. The highest BCUT2D eigenvalue weighted by Gasteiger charge is 2.75. The van der Waals surface area contributed by atoms with Gasteiger partial charge in [-0.2, -0.15) is 0 Å². The van der Waals surface area contributed by atoms with Gasteiger partial charge < -0.3 is 5.11 Å². The van der Waals surface area contributed by atoms with Crippen molar-refractivity contribution in [2.45, 2.75) is 6.42 Å². The molecule has 0 unspecified atom stereocenters. The van der Waals surface area contributed by atoms with E-state index in [-0.39, 0.29) is 29.5 Å². The van der Waals surface area contributed by atoms with Crippen molar-refractivity contribution in [1.29, 1.82) is 0 Å². The number of carbonyl (C=O) groups excluding carboxylic acids is 1. The Bertz CT molecular complexity index is 271. The summed E-state index contributed by atoms with van der Waals surface area (Å²) in [6.45, 7) is 0. The molecule has 0 saturated heterocycles. The number of carboxylic acids is 1. The minimum absolute atomic E-state index is 0.104. The van der Waals surface area contributed by atoms with Crippen LogP contribution >= 0.6 is 0 Å². The Labute approximate surface area is 63.4 Å². The molecule has 0 aliphatic heterocycles. The third kappa shape index (κ3) is 0.424. The van der Waals surface area contributed by atoms with Crippen LogP contribution in [0, 0.1) is 29.6 Å². The molecule has 0 amide bonds. The van der Waals surface area contributed by atoms with Crippen molar-refractivity contribution < 1.29 is 14.7 Å². The largest absolute Gasteiger partial charge is 0.481 e. The summed E-state index contributed by atoms with van der Waals surface area (Å²) in [4.78, 5) is 21.9. The van der Waals surface area contributed by atoms with Gasteiger partial charge in [-0.15, -0.1) is 0 Å². The predicted molar refractivity (Wildman–Crippen MR) is 34.7 cm³/mol. The second-order valence-corrected chi connectivity index (χ2v) is 3.88. The Balaban J connectivity index is 2.03. The summed E-state index contributed by atoms with van der Waals surface area (Å²) < 4.78 is 0. The molecule has 4 rings (SSSR count). The van der Waals surface area contributed by atoms with Crippen LogP contribution in [-0.2, 0) is 9.59 Å². The van der Waals surface area contributed by atoms with Crippen molar-refractivity contribution >= 4 is 11.8 Å². The summed E-state index contributed by atoms with van der Waals surface area (Å²) in [6.07, 6.45) is 0.866. The first-order valence-corrected chi connectivity index (χ1v) is 3.98. The molecule has 3 nitrogen and oxygen atoms in total. The highest BCUT2D eigenvalue weighted by atomic mass is 16.4. The van der Waals surface area contributed by atoms with Crippen LogP contribution in [-0.4, -0.2) is 16.9 Å². The van der Waals surface area contributed by atoms with Crippen LogP contribution in [0.5, 0.6) is 0 Å². The highest BCUT2D eigenvalue weighted by Crippen LogP contribution is 2.71. The number of carbonyl (C=O) groups is 2. The van der Waals surface area contributed by atoms with Crippen molar-refractivity contribution in [3.05, 3.63) is 0 Å². The van der Waals surface area contributed by atoms with Crippen molar-refractivity contribution in [3.63, 3.8) is 0 Å². The average Bonchev–Trinajstić information content (AvgIpc) is 2.33. The lowest BCUT2D eigenvalue weighted by Crippen LogP contribution is -2.19. The number of ketones is 1. The molecule has 0 heterocycles. The summed E-state index contributed by atoms with van der Waals surface area (Å²) in [5, 5.41) is 8.77. The Morgan fingerprint density at radius 2 is 2.27 bits per heavy atom. The zero-order valence-corrected chi connectivity index (χ0v) is 5.86. The molecule has 0 aromatic rings. The topological polar surface area (TPSA) is 54.4 Å². The third-order valence-corrected chi connectivity index (χ3v) is 3.58. The molecule has 4 bridgehead atoms. The van der Waals surface area contributed by atoms with Crippen LogP contribution in [0.25, 0.3) is 0 Å². The molecule has 4 fully saturated rings. The second kappa shape index (κ2) is 1.36. The Hall–Kier alpha value is -0.860. The standard InChI is InChI=1S/C8H8O3/c9-7-3-1-2-4(5(2)7)6(3)8(10)11/h2-6H,1H2,(H,10,11)/t2-,3+,4-,5-,6+/m1/s1. The number of carboxylic acid groups (broad SMARTS) is 1. The summed E-state index contributed by atoms with van der Waals surface area (Å²) in [5.41, 5.74) is 0. The van der Waals surface area contributed by atoms with E-state index in [1.807, 2.05) is 0 Å². The summed E-state index contributed by atoms with van der Waals surface area (Å²) in [6, 6.07) is 0. The molecule has 0 radical (unpaired) electrons. The van der Waals surface area contributed by atoms with Gasteiger partial charge in [-0.1, -0.05) is 0 Å². The van der Waals surface area contributed by atoms with E-state index < -0.39 is 5.97 Å². The average molecular weight is 152 g/mol. The van der Waals surface area contributed by atoms with Gasteiger partial charge in [0.25, 0.3) is 0 Å². The molecular weight excluding hydrogens is 144 g/mol. The van der Waals surface area contributed by atoms with Gasteiger partial charge in [-0.3, -0.25) is 9.59 Å². The molecule has 1 N–H and O–H groups in total. The van der Waals surface area contributed by atoms with Crippen molar-refractivity contribution in [2.75, 3.05) is 0 Å². The normalized spacial score (nSPS) is 56.7. The van der Waals surface area contributed by atoms with E-state index in [9.17, 15) is 9.59 Å². The van der Waals surface area contributed by atoms with Crippen molar-refractivity contribution in [3.8, 4) is 0 Å². The fraction of sp³-hybridized carbons (Fsp3) is 0.750. The highest BCUT2D eigenvalue weighted by molar-refractivity contribution is 5.98. The molecule has 4 aliphatic carbocycles. The lowest BCUT2D eigenvalue weighted by molar-refractivity contribution is -0.144. The van der Waals surface area contributed by atoms with Crippen LogP contribution in [0.1, 0.15) is 6.42 Å². The van der Waals surface area contributed by atoms with E-state index in [0.717, 1.165) is 6.42 Å². The molecule has 58 valence electrons. The summed E-state index contributed by atoms with van der Waals surface area (Å²) >= 11 is 0. The van der Waals surface area contributed by atoms with Crippen LogP contribution in [0.15, 0.2) is 0 Å². The first-order chi connectivity index (χ1) is 5.22. The SMILES string of the molecule is O=C(O)[C@@H]1[C@@H]2[C@H]3C[C@@H]1C(=O)[C@H]32. The van der Waals surface area contributed by atoms with E-state index >= 15 is 0 Å². The molecule has 0 aromatic carbocycles. The van der Waals surface area contributed by atoms with E-state index in [0.29, 0.717) is 5.92 Å². The first-order valence-electron chi connectivity index (χ1n) is 3.98. The van der Waals surface area contributed by atoms with Crippen LogP contribution < -0.4 is 0 Å². The van der Waals surface area contributed by atoms with Gasteiger partial charge >= 0.3 is 5.97 Å². The zero-order chi connectivity index (χ0) is 7.75.